The van der Waals surface area contributed by atoms with E-state index in [0.29, 0.717) is 12.6 Å². The van der Waals surface area contributed by atoms with Crippen molar-refractivity contribution in [2.24, 2.45) is 4.99 Å². The lowest BCUT2D eigenvalue weighted by Gasteiger charge is -2.30. The van der Waals surface area contributed by atoms with Crippen LogP contribution in [-0.4, -0.2) is 42.4 Å². The number of halogens is 6. The number of hydrogen-bond acceptors (Lipinski definition) is 4. The Morgan fingerprint density at radius 3 is 2.08 bits per heavy atom. The average Bonchev–Trinajstić information content (AvgIpc) is 2.80. The van der Waals surface area contributed by atoms with E-state index in [9.17, 15) is 35.9 Å². The quantitative estimate of drug-likeness (QED) is 0.311. The first-order valence-corrected chi connectivity index (χ1v) is 11.6. The van der Waals surface area contributed by atoms with Crippen molar-refractivity contribution in [1.82, 2.24) is 10.6 Å². The van der Waals surface area contributed by atoms with Gasteiger partial charge in [-0.25, -0.2) is 4.99 Å². The molecule has 2 aromatic carbocycles. The van der Waals surface area contributed by atoms with Crippen LogP contribution in [0.15, 0.2) is 71.4 Å². The number of aliphatic imine (C=N–C) groups is 1. The highest BCUT2D eigenvalue weighted by Gasteiger charge is 2.43. The summed E-state index contributed by atoms with van der Waals surface area (Å²) in [6.07, 6.45) is -8.03. The smallest absolute Gasteiger partial charge is 0.420 e. The molecule has 1 heterocycles. The summed E-state index contributed by atoms with van der Waals surface area (Å²) in [5, 5.41) is 5.08. The maximum atomic E-state index is 13.1. The molecular formula is C26H25F6N3O3. The van der Waals surface area contributed by atoms with E-state index < -0.39 is 46.6 Å². The molecule has 1 aliphatic heterocycles. The Morgan fingerprint density at radius 2 is 1.53 bits per heavy atom. The van der Waals surface area contributed by atoms with E-state index in [1.807, 2.05) is 30.3 Å². The molecule has 0 spiro atoms. The van der Waals surface area contributed by atoms with Crippen molar-refractivity contribution in [1.29, 1.82) is 0 Å². The van der Waals surface area contributed by atoms with Crippen LogP contribution in [-0.2, 0) is 22.2 Å². The number of ether oxygens (including phenoxy) is 1. The minimum absolute atomic E-state index is 0.0000833. The van der Waals surface area contributed by atoms with E-state index in [4.69, 9.17) is 4.74 Å². The lowest BCUT2D eigenvalue weighted by atomic mass is 9.97. The van der Waals surface area contributed by atoms with Crippen LogP contribution in [0.25, 0.3) is 0 Å². The van der Waals surface area contributed by atoms with Crippen LogP contribution in [0.1, 0.15) is 30.9 Å². The highest BCUT2D eigenvalue weighted by Crippen LogP contribution is 2.32. The number of alkyl halides is 6. The monoisotopic (exact) mass is 541 g/mol. The van der Waals surface area contributed by atoms with Crippen molar-refractivity contribution in [3.63, 3.8) is 0 Å². The van der Waals surface area contributed by atoms with Gasteiger partial charge in [-0.2, -0.15) is 26.3 Å². The second kappa shape index (κ2) is 11.7. The van der Waals surface area contributed by atoms with Crippen LogP contribution < -0.4 is 15.4 Å². The Labute approximate surface area is 214 Å². The van der Waals surface area contributed by atoms with E-state index in [0.717, 1.165) is 29.8 Å². The van der Waals surface area contributed by atoms with Crippen molar-refractivity contribution < 1.29 is 40.7 Å². The maximum absolute atomic E-state index is 13.1. The molecule has 2 N–H and O–H groups in total. The fraction of sp³-hybridized carbons (Fsp3) is 0.346. The van der Waals surface area contributed by atoms with Crippen molar-refractivity contribution >= 4 is 17.5 Å². The van der Waals surface area contributed by atoms with E-state index in [-0.39, 0.29) is 31.7 Å². The zero-order valence-electron chi connectivity index (χ0n) is 20.2. The molecule has 12 heteroatoms. The summed E-state index contributed by atoms with van der Waals surface area (Å²) in [6.45, 7) is 1.62. The summed E-state index contributed by atoms with van der Waals surface area (Å²) in [5.74, 6) is -1.52. The largest absolute Gasteiger partial charge is 0.478 e. The summed E-state index contributed by atoms with van der Waals surface area (Å²) in [5.41, 5.74) is -3.30. The maximum Gasteiger partial charge on any atom is 0.420 e. The van der Waals surface area contributed by atoms with Crippen LogP contribution >= 0.6 is 0 Å². The van der Waals surface area contributed by atoms with Crippen LogP contribution in [0.3, 0.4) is 0 Å². The fourth-order valence-electron chi connectivity index (χ4n) is 3.63. The van der Waals surface area contributed by atoms with Gasteiger partial charge in [0.15, 0.2) is 5.60 Å². The molecule has 0 saturated heterocycles. The first kappa shape index (κ1) is 28.7. The number of nitrogens with one attached hydrogen (secondary N) is 2. The van der Waals surface area contributed by atoms with Gasteiger partial charge in [-0.05, 0) is 56.0 Å². The first-order valence-electron chi connectivity index (χ1n) is 11.6. The van der Waals surface area contributed by atoms with Crippen molar-refractivity contribution in [3.05, 3.63) is 77.5 Å². The number of rotatable bonds is 11. The third-order valence-electron chi connectivity index (χ3n) is 5.76. The first-order chi connectivity index (χ1) is 17.8. The highest BCUT2D eigenvalue weighted by molar-refractivity contribution is 6.47. The van der Waals surface area contributed by atoms with Gasteiger partial charge in [0.1, 0.15) is 17.0 Å². The summed E-state index contributed by atoms with van der Waals surface area (Å²) < 4.78 is 82.9. The Kier molecular flexibility index (Phi) is 8.85. The Balaban J connectivity index is 1.62. The third-order valence-corrected chi connectivity index (χ3v) is 5.76. The summed E-state index contributed by atoms with van der Waals surface area (Å²) in [6, 6.07) is 13.2. The topological polar surface area (TPSA) is 79.8 Å². The predicted octanol–water partition coefficient (Wildman–Crippen LogP) is 5.00. The van der Waals surface area contributed by atoms with Crippen LogP contribution in [0.4, 0.5) is 26.3 Å². The average molecular weight is 541 g/mol. The minimum Gasteiger partial charge on any atom is -0.478 e. The van der Waals surface area contributed by atoms with Crippen molar-refractivity contribution in [2.45, 2.75) is 44.1 Å². The highest BCUT2D eigenvalue weighted by atomic mass is 19.4. The SMILES string of the molecule is CC(CCCNC(=O)C1=NC=C1C(F)(F)F)(Oc1ccc(C(F)(F)F)cc1)C(=O)NCCc1ccccc1. The molecular weight excluding hydrogens is 516 g/mol. The zero-order valence-corrected chi connectivity index (χ0v) is 20.2. The van der Waals surface area contributed by atoms with Crippen molar-refractivity contribution in [2.75, 3.05) is 13.1 Å². The van der Waals surface area contributed by atoms with E-state index >= 15 is 0 Å². The lowest BCUT2D eigenvalue weighted by Crippen LogP contribution is -2.50. The van der Waals surface area contributed by atoms with Gasteiger partial charge < -0.3 is 15.4 Å². The third kappa shape index (κ3) is 7.59. The van der Waals surface area contributed by atoms with E-state index in [2.05, 4.69) is 15.6 Å². The standard InChI is InChI=1S/C26H25F6N3O3/c1-24(23(37)34-15-12-17-6-3-2-4-7-17,38-19-10-8-18(9-11-19)25(27,28)29)13-5-14-33-22(36)21-20(16-35-21)26(30,31)32/h2-4,6-11,16H,5,12-15H2,1H3,(H,33,36)(H,34,37). The fourth-order valence-corrected chi connectivity index (χ4v) is 3.63. The molecule has 0 aromatic heterocycles. The number of nitrogens with zero attached hydrogens (tertiary/aromatic N) is 1. The molecule has 6 nitrogen and oxygen atoms in total. The van der Waals surface area contributed by atoms with Gasteiger partial charge >= 0.3 is 12.4 Å². The molecule has 0 saturated carbocycles. The predicted molar refractivity (Wildman–Crippen MR) is 127 cm³/mol. The minimum atomic E-state index is -4.69. The van der Waals surface area contributed by atoms with Gasteiger partial charge in [0.2, 0.25) is 0 Å². The number of carbonyl (C=O) groups excluding carboxylic acids is 2. The van der Waals surface area contributed by atoms with E-state index in [1.54, 1.807) is 0 Å². The molecule has 0 aliphatic carbocycles. The van der Waals surface area contributed by atoms with Gasteiger partial charge in [0, 0.05) is 19.3 Å². The molecule has 3 rings (SSSR count). The Morgan fingerprint density at radius 1 is 0.868 bits per heavy atom. The second-order valence-electron chi connectivity index (χ2n) is 8.72. The van der Waals surface area contributed by atoms with Crippen LogP contribution in [0, 0.1) is 0 Å². The second-order valence-corrected chi connectivity index (χ2v) is 8.72. The molecule has 204 valence electrons. The number of benzene rings is 2. The molecule has 2 amide bonds. The molecule has 38 heavy (non-hydrogen) atoms. The van der Waals surface area contributed by atoms with Gasteiger partial charge in [0.25, 0.3) is 11.8 Å². The van der Waals surface area contributed by atoms with E-state index in [1.165, 1.54) is 6.92 Å². The van der Waals surface area contributed by atoms with Gasteiger partial charge in [0.05, 0.1) is 5.56 Å². The van der Waals surface area contributed by atoms with Gasteiger partial charge in [-0.3, -0.25) is 9.59 Å². The molecule has 1 unspecified atom stereocenters. The number of amides is 2. The van der Waals surface area contributed by atoms with Gasteiger partial charge in [-0.15, -0.1) is 0 Å². The molecule has 1 atom stereocenters. The Bertz CT molecular complexity index is 1190. The molecule has 0 bridgehead atoms. The van der Waals surface area contributed by atoms with Crippen molar-refractivity contribution in [3.8, 4) is 5.75 Å². The molecule has 0 fully saturated rings. The van der Waals surface area contributed by atoms with Crippen LogP contribution in [0.5, 0.6) is 5.75 Å². The lowest BCUT2D eigenvalue weighted by molar-refractivity contribution is -0.138. The number of hydrogen-bond donors (Lipinski definition) is 2. The molecule has 0 radical (unpaired) electrons. The van der Waals surface area contributed by atoms with Crippen LogP contribution in [0.2, 0.25) is 0 Å². The summed E-state index contributed by atoms with van der Waals surface area (Å²) >= 11 is 0. The normalized spacial score (nSPS) is 14.9. The molecule has 1 aliphatic rings. The molecule has 2 aromatic rings. The summed E-state index contributed by atoms with van der Waals surface area (Å²) in [7, 11) is 0. The van der Waals surface area contributed by atoms with Gasteiger partial charge in [-0.1, -0.05) is 30.3 Å². The zero-order chi connectivity index (χ0) is 28.0. The summed E-state index contributed by atoms with van der Waals surface area (Å²) in [4.78, 5) is 28.5. The Hall–Kier alpha value is -3.83. The number of carbonyl (C=O) groups is 2.